The lowest BCUT2D eigenvalue weighted by Gasteiger charge is -2.20. The minimum Gasteiger partial charge on any atom is -0.465 e. The van der Waals surface area contributed by atoms with E-state index in [1.165, 1.54) is 48.8 Å². The predicted molar refractivity (Wildman–Crippen MR) is 119 cm³/mol. The van der Waals surface area contributed by atoms with Gasteiger partial charge in [-0.15, -0.1) is 0 Å². The molecule has 3 rings (SSSR count). The van der Waals surface area contributed by atoms with E-state index in [-0.39, 0.29) is 16.0 Å². The molecule has 1 amide bonds. The summed E-state index contributed by atoms with van der Waals surface area (Å²) >= 11 is 0. The largest absolute Gasteiger partial charge is 0.465 e. The Morgan fingerprint density at radius 2 is 1.55 bits per heavy atom. The number of sulfonamides is 1. The van der Waals surface area contributed by atoms with Crippen LogP contribution in [0.5, 0.6) is 0 Å². The molecule has 0 bridgehead atoms. The van der Waals surface area contributed by atoms with E-state index in [1.807, 2.05) is 19.1 Å². The van der Waals surface area contributed by atoms with Gasteiger partial charge in [0.1, 0.15) is 0 Å². The summed E-state index contributed by atoms with van der Waals surface area (Å²) in [7, 11) is -1.13. The second kappa shape index (κ2) is 9.01. The summed E-state index contributed by atoms with van der Waals surface area (Å²) in [4.78, 5) is 24.3. The van der Waals surface area contributed by atoms with Gasteiger partial charge in [0.05, 0.1) is 23.3 Å². The van der Waals surface area contributed by atoms with Crippen molar-refractivity contribution in [1.29, 1.82) is 0 Å². The number of anilines is 2. The predicted octanol–water partition coefficient (Wildman–Crippen LogP) is 3.86. The molecule has 3 aromatic rings. The van der Waals surface area contributed by atoms with Gasteiger partial charge in [-0.3, -0.25) is 9.10 Å². The molecule has 0 aromatic heterocycles. The number of amides is 1. The summed E-state index contributed by atoms with van der Waals surface area (Å²) in [6.45, 7) is 1.92. The number of benzene rings is 3. The number of aryl methyl sites for hydroxylation is 1. The Bertz CT molecular complexity index is 1220. The molecule has 0 spiro atoms. The molecular weight excluding hydrogens is 416 g/mol. The average Bonchev–Trinajstić information content (AvgIpc) is 2.78. The maximum Gasteiger partial charge on any atom is 0.337 e. The van der Waals surface area contributed by atoms with Gasteiger partial charge in [0.15, 0.2) is 0 Å². The van der Waals surface area contributed by atoms with E-state index in [2.05, 4.69) is 10.1 Å². The van der Waals surface area contributed by atoms with Crippen molar-refractivity contribution in [3.63, 3.8) is 0 Å². The molecule has 0 aliphatic heterocycles. The van der Waals surface area contributed by atoms with Gasteiger partial charge in [-0.2, -0.15) is 0 Å². The van der Waals surface area contributed by atoms with Crippen LogP contribution in [-0.4, -0.2) is 34.5 Å². The van der Waals surface area contributed by atoms with E-state index in [0.717, 1.165) is 5.56 Å². The van der Waals surface area contributed by atoms with E-state index in [9.17, 15) is 18.0 Å². The highest BCUT2D eigenvalue weighted by molar-refractivity contribution is 7.92. The quantitative estimate of drug-likeness (QED) is 0.590. The molecule has 0 heterocycles. The maximum atomic E-state index is 13.0. The van der Waals surface area contributed by atoms with E-state index in [0.29, 0.717) is 11.4 Å². The van der Waals surface area contributed by atoms with Crippen LogP contribution in [0, 0.1) is 6.92 Å². The standard InChI is InChI=1S/C23H22N2O5S/c1-16-10-12-20(13-11-16)25(2)31(28,29)21-9-5-6-17(15-21)22(26)24-19-8-4-7-18(14-19)23(27)30-3/h4-15H,1-3H3,(H,24,26). The molecular formula is C23H22N2O5S. The summed E-state index contributed by atoms with van der Waals surface area (Å²) < 4.78 is 31.9. The Hall–Kier alpha value is -3.65. The summed E-state index contributed by atoms with van der Waals surface area (Å²) in [6, 6.07) is 19.2. The lowest BCUT2D eigenvalue weighted by atomic mass is 10.1. The number of hydrogen-bond donors (Lipinski definition) is 1. The Morgan fingerprint density at radius 1 is 0.903 bits per heavy atom. The van der Waals surface area contributed by atoms with Crippen LogP contribution in [0.15, 0.2) is 77.7 Å². The van der Waals surface area contributed by atoms with Crippen molar-refractivity contribution in [3.8, 4) is 0 Å². The lowest BCUT2D eigenvalue weighted by Crippen LogP contribution is -2.26. The van der Waals surface area contributed by atoms with Gasteiger partial charge in [0.25, 0.3) is 15.9 Å². The van der Waals surface area contributed by atoms with Gasteiger partial charge in [0.2, 0.25) is 0 Å². The highest BCUT2D eigenvalue weighted by atomic mass is 32.2. The zero-order valence-electron chi connectivity index (χ0n) is 17.3. The smallest absolute Gasteiger partial charge is 0.337 e. The number of nitrogens with one attached hydrogen (secondary N) is 1. The fourth-order valence-electron chi connectivity index (χ4n) is 2.89. The van der Waals surface area contributed by atoms with Crippen molar-refractivity contribution in [2.24, 2.45) is 0 Å². The number of carbonyl (C=O) groups excluding carboxylic acids is 2. The fraction of sp³-hybridized carbons (Fsp3) is 0.130. The maximum absolute atomic E-state index is 13.0. The minimum atomic E-state index is -3.86. The van der Waals surface area contributed by atoms with Crippen LogP contribution in [0.2, 0.25) is 0 Å². The van der Waals surface area contributed by atoms with E-state index >= 15 is 0 Å². The van der Waals surface area contributed by atoms with Gasteiger partial charge in [-0.1, -0.05) is 29.8 Å². The highest BCUT2D eigenvalue weighted by Crippen LogP contribution is 2.23. The first kappa shape index (κ1) is 22.0. The van der Waals surface area contributed by atoms with E-state index < -0.39 is 21.9 Å². The fourth-order valence-corrected chi connectivity index (χ4v) is 4.14. The monoisotopic (exact) mass is 438 g/mol. The molecule has 3 aromatic carbocycles. The van der Waals surface area contributed by atoms with Gasteiger partial charge >= 0.3 is 5.97 Å². The number of carbonyl (C=O) groups is 2. The molecule has 0 saturated carbocycles. The van der Waals surface area contributed by atoms with Gasteiger partial charge in [-0.05, 0) is 55.5 Å². The SMILES string of the molecule is COC(=O)c1cccc(NC(=O)c2cccc(S(=O)(=O)N(C)c3ccc(C)cc3)c2)c1. The first-order valence-corrected chi connectivity index (χ1v) is 10.8. The number of methoxy groups -OCH3 is 1. The highest BCUT2D eigenvalue weighted by Gasteiger charge is 2.22. The molecule has 0 aliphatic rings. The second-order valence-corrected chi connectivity index (χ2v) is 8.83. The first-order valence-electron chi connectivity index (χ1n) is 9.38. The van der Waals surface area contributed by atoms with Crippen molar-refractivity contribution in [3.05, 3.63) is 89.5 Å². The molecule has 8 heteroatoms. The normalized spacial score (nSPS) is 10.9. The van der Waals surface area contributed by atoms with Crippen molar-refractivity contribution in [2.45, 2.75) is 11.8 Å². The molecule has 160 valence electrons. The van der Waals surface area contributed by atoms with Gasteiger partial charge in [0, 0.05) is 18.3 Å². The molecule has 0 unspecified atom stereocenters. The summed E-state index contributed by atoms with van der Waals surface area (Å²) in [6.07, 6.45) is 0. The Balaban J connectivity index is 1.84. The number of rotatable bonds is 6. The van der Waals surface area contributed by atoms with Crippen LogP contribution in [0.1, 0.15) is 26.3 Å². The summed E-state index contributed by atoms with van der Waals surface area (Å²) in [5, 5.41) is 2.67. The zero-order valence-corrected chi connectivity index (χ0v) is 18.1. The van der Waals surface area contributed by atoms with Crippen LogP contribution in [0.3, 0.4) is 0 Å². The number of nitrogens with zero attached hydrogens (tertiary/aromatic N) is 1. The number of hydrogen-bond acceptors (Lipinski definition) is 5. The summed E-state index contributed by atoms with van der Waals surface area (Å²) in [5.41, 5.74) is 2.38. The molecule has 0 saturated heterocycles. The number of ether oxygens (including phenoxy) is 1. The van der Waals surface area contributed by atoms with Crippen molar-refractivity contribution >= 4 is 33.3 Å². The van der Waals surface area contributed by atoms with Crippen LogP contribution in [0.4, 0.5) is 11.4 Å². The summed E-state index contributed by atoms with van der Waals surface area (Å²) in [5.74, 6) is -1.03. The van der Waals surface area contributed by atoms with Crippen LogP contribution in [0.25, 0.3) is 0 Å². The Morgan fingerprint density at radius 3 is 2.23 bits per heavy atom. The van der Waals surface area contributed by atoms with Gasteiger partial charge < -0.3 is 10.1 Å². The lowest BCUT2D eigenvalue weighted by molar-refractivity contribution is 0.0600. The molecule has 0 aliphatic carbocycles. The average molecular weight is 439 g/mol. The third kappa shape index (κ3) is 4.92. The molecule has 0 radical (unpaired) electrons. The molecule has 0 atom stereocenters. The van der Waals surface area contributed by atoms with Crippen LogP contribution >= 0.6 is 0 Å². The van der Waals surface area contributed by atoms with Crippen molar-refractivity contribution in [1.82, 2.24) is 0 Å². The molecule has 0 fully saturated rings. The van der Waals surface area contributed by atoms with Crippen molar-refractivity contribution < 1.29 is 22.7 Å². The Kier molecular flexibility index (Phi) is 6.41. The molecule has 31 heavy (non-hydrogen) atoms. The first-order chi connectivity index (χ1) is 14.7. The molecule has 7 nitrogen and oxygen atoms in total. The van der Waals surface area contributed by atoms with E-state index in [1.54, 1.807) is 30.3 Å². The third-order valence-corrected chi connectivity index (χ3v) is 6.48. The van der Waals surface area contributed by atoms with E-state index in [4.69, 9.17) is 0 Å². The van der Waals surface area contributed by atoms with Crippen molar-refractivity contribution in [2.75, 3.05) is 23.8 Å². The van der Waals surface area contributed by atoms with Gasteiger partial charge in [-0.25, -0.2) is 13.2 Å². The third-order valence-electron chi connectivity index (χ3n) is 4.69. The zero-order chi connectivity index (χ0) is 22.6. The topological polar surface area (TPSA) is 92.8 Å². The minimum absolute atomic E-state index is 0.00784. The Labute approximate surface area is 181 Å². The van der Waals surface area contributed by atoms with Crippen LogP contribution < -0.4 is 9.62 Å². The molecule has 1 N–H and O–H groups in total. The second-order valence-electron chi connectivity index (χ2n) is 6.86. The van der Waals surface area contributed by atoms with Crippen LogP contribution in [-0.2, 0) is 14.8 Å². The number of esters is 1.